The quantitative estimate of drug-likeness (QED) is 0.772. The number of phenolic OH excluding ortho intramolecular Hbond substituents is 1. The number of nitrogens with one attached hydrogen (secondary N) is 1. The first-order valence-electron chi connectivity index (χ1n) is 7.79. The predicted molar refractivity (Wildman–Crippen MR) is 77.2 cm³/mol. The molecule has 0 spiro atoms. The minimum Gasteiger partial charge on any atom is -0.507 e. The molecule has 2 aliphatic carbocycles. The molecule has 106 valence electrons. The second kappa shape index (κ2) is 4.32. The van der Waals surface area contributed by atoms with E-state index in [1.807, 2.05) is 12.1 Å². The van der Waals surface area contributed by atoms with Crippen molar-refractivity contribution in [2.75, 3.05) is 6.54 Å². The predicted octanol–water partition coefficient (Wildman–Crippen LogP) is 2.55. The van der Waals surface area contributed by atoms with Gasteiger partial charge >= 0.3 is 0 Å². The van der Waals surface area contributed by atoms with Crippen LogP contribution < -0.4 is 5.32 Å². The molecule has 3 unspecified atom stereocenters. The Balaban J connectivity index is 1.91. The molecule has 1 heterocycles. The van der Waals surface area contributed by atoms with Crippen LogP contribution in [0.5, 0.6) is 5.75 Å². The minimum absolute atomic E-state index is 0.162. The molecule has 1 aromatic rings. The summed E-state index contributed by atoms with van der Waals surface area (Å²) in [5.74, 6) is 0.869. The number of rotatable bonds is 1. The van der Waals surface area contributed by atoms with Gasteiger partial charge in [0.25, 0.3) is 0 Å². The second-order valence-corrected chi connectivity index (χ2v) is 6.71. The molecule has 3 nitrogen and oxygen atoms in total. The lowest BCUT2D eigenvalue weighted by molar-refractivity contribution is 0.0794. The van der Waals surface area contributed by atoms with Crippen LogP contribution in [0.3, 0.4) is 0 Å². The molecule has 4 rings (SSSR count). The summed E-state index contributed by atoms with van der Waals surface area (Å²) in [5.41, 5.74) is 3.30. The Hall–Kier alpha value is -1.35. The fraction of sp³-hybridized carbons (Fsp3) is 0.588. The van der Waals surface area contributed by atoms with Crippen LogP contribution in [0.1, 0.15) is 53.6 Å². The van der Waals surface area contributed by atoms with Gasteiger partial charge < -0.3 is 10.4 Å². The van der Waals surface area contributed by atoms with Crippen molar-refractivity contribution in [3.05, 3.63) is 28.8 Å². The monoisotopic (exact) mass is 271 g/mol. The van der Waals surface area contributed by atoms with Gasteiger partial charge in [-0.3, -0.25) is 4.79 Å². The number of carbonyl (C=O) groups excluding carboxylic acids is 1. The van der Waals surface area contributed by atoms with Crippen LogP contribution >= 0.6 is 0 Å². The van der Waals surface area contributed by atoms with E-state index >= 15 is 0 Å². The van der Waals surface area contributed by atoms with Crippen LogP contribution in [0.2, 0.25) is 0 Å². The maximum absolute atomic E-state index is 11.1. The highest BCUT2D eigenvalue weighted by molar-refractivity contribution is 5.80. The molecule has 1 aromatic carbocycles. The highest BCUT2D eigenvalue weighted by atomic mass is 16.3. The lowest BCUT2D eigenvalue weighted by Crippen LogP contribution is -2.59. The lowest BCUT2D eigenvalue weighted by atomic mass is 9.52. The molecule has 0 amide bonds. The summed E-state index contributed by atoms with van der Waals surface area (Å²) in [5, 5.41) is 13.8. The minimum atomic E-state index is 0.162. The van der Waals surface area contributed by atoms with Crippen molar-refractivity contribution in [2.24, 2.45) is 5.92 Å². The van der Waals surface area contributed by atoms with Crippen LogP contribution in [0.25, 0.3) is 0 Å². The van der Waals surface area contributed by atoms with Gasteiger partial charge in [-0.05, 0) is 61.4 Å². The summed E-state index contributed by atoms with van der Waals surface area (Å²) in [6.45, 7) is 1.08. The molecule has 3 atom stereocenters. The smallest absolute Gasteiger partial charge is 0.153 e. The third-order valence-corrected chi connectivity index (χ3v) is 5.92. The Kier molecular flexibility index (Phi) is 2.68. The number of benzene rings is 1. The van der Waals surface area contributed by atoms with Crippen molar-refractivity contribution in [3.8, 4) is 5.75 Å². The summed E-state index contributed by atoms with van der Waals surface area (Å²) in [6.07, 6.45) is 8.10. The normalized spacial score (nSPS) is 35.0. The van der Waals surface area contributed by atoms with Crippen molar-refractivity contribution in [3.63, 3.8) is 0 Å². The highest BCUT2D eigenvalue weighted by Crippen LogP contribution is 2.54. The molecule has 3 aliphatic rings. The summed E-state index contributed by atoms with van der Waals surface area (Å²) in [6, 6.07) is 4.38. The topological polar surface area (TPSA) is 49.3 Å². The van der Waals surface area contributed by atoms with Gasteiger partial charge in [0.2, 0.25) is 0 Å². The number of piperidine rings is 1. The van der Waals surface area contributed by atoms with Crippen LogP contribution in [-0.2, 0) is 11.8 Å². The second-order valence-electron chi connectivity index (χ2n) is 6.71. The molecule has 20 heavy (non-hydrogen) atoms. The lowest BCUT2D eigenvalue weighted by Gasteiger charge is -2.56. The zero-order valence-corrected chi connectivity index (χ0v) is 11.7. The molecule has 0 aromatic heterocycles. The SMILES string of the molecule is O=Cc1cc2c(cc1O)C13CCCCC1C(C2)NCC3. The maximum Gasteiger partial charge on any atom is 0.153 e. The Morgan fingerprint density at radius 1 is 1.30 bits per heavy atom. The molecule has 1 aliphatic heterocycles. The Morgan fingerprint density at radius 2 is 2.20 bits per heavy atom. The van der Waals surface area contributed by atoms with Crippen molar-refractivity contribution in [1.82, 2.24) is 5.32 Å². The zero-order chi connectivity index (χ0) is 13.7. The van der Waals surface area contributed by atoms with Gasteiger partial charge in [0.1, 0.15) is 5.75 Å². The third kappa shape index (κ3) is 1.53. The number of phenols is 1. The van der Waals surface area contributed by atoms with Crippen LogP contribution in [-0.4, -0.2) is 24.0 Å². The van der Waals surface area contributed by atoms with E-state index in [9.17, 15) is 9.90 Å². The number of aromatic hydroxyl groups is 1. The van der Waals surface area contributed by atoms with Gasteiger partial charge in [-0.15, -0.1) is 0 Å². The number of aldehydes is 1. The van der Waals surface area contributed by atoms with Crippen LogP contribution in [0.15, 0.2) is 12.1 Å². The summed E-state index contributed by atoms with van der Waals surface area (Å²) in [4.78, 5) is 11.1. The molecule has 2 N–H and O–H groups in total. The molecular weight excluding hydrogens is 250 g/mol. The average molecular weight is 271 g/mol. The fourth-order valence-corrected chi connectivity index (χ4v) is 5.09. The van der Waals surface area contributed by atoms with E-state index in [1.165, 1.54) is 43.2 Å². The van der Waals surface area contributed by atoms with Gasteiger partial charge in [-0.25, -0.2) is 0 Å². The van der Waals surface area contributed by atoms with Crippen molar-refractivity contribution in [2.45, 2.75) is 50.0 Å². The number of carbonyl (C=O) groups is 1. The number of hydrogen-bond donors (Lipinski definition) is 2. The van der Waals surface area contributed by atoms with Gasteiger partial charge in [0, 0.05) is 11.5 Å². The Labute approximate surface area is 119 Å². The third-order valence-electron chi connectivity index (χ3n) is 5.92. The average Bonchev–Trinajstić information content (AvgIpc) is 2.48. The van der Waals surface area contributed by atoms with Gasteiger partial charge in [-0.2, -0.15) is 0 Å². The first kappa shape index (κ1) is 12.4. The molecule has 2 bridgehead atoms. The summed E-state index contributed by atoms with van der Waals surface area (Å²) < 4.78 is 0. The van der Waals surface area contributed by atoms with Crippen molar-refractivity contribution < 1.29 is 9.90 Å². The Bertz CT molecular complexity index is 564. The first-order chi connectivity index (χ1) is 9.74. The summed E-state index contributed by atoms with van der Waals surface area (Å²) >= 11 is 0. The van der Waals surface area contributed by atoms with Crippen molar-refractivity contribution in [1.29, 1.82) is 0 Å². The van der Waals surface area contributed by atoms with Crippen LogP contribution in [0, 0.1) is 5.92 Å². The van der Waals surface area contributed by atoms with E-state index in [-0.39, 0.29) is 11.2 Å². The molecular formula is C17H21NO2. The van der Waals surface area contributed by atoms with E-state index < -0.39 is 0 Å². The van der Waals surface area contributed by atoms with Crippen LogP contribution in [0.4, 0.5) is 0 Å². The number of fused-ring (bicyclic) bond motifs is 1. The van der Waals surface area contributed by atoms with Gasteiger partial charge in [0.15, 0.2) is 6.29 Å². The van der Waals surface area contributed by atoms with E-state index in [1.54, 1.807) is 0 Å². The molecule has 1 saturated heterocycles. The standard InChI is InChI=1S/C17H21NO2/c19-10-12-7-11-8-15-13-3-1-2-4-17(13,5-6-18-15)14(11)9-16(12)20/h7,9-10,13,15,18,20H,1-6,8H2. The van der Waals surface area contributed by atoms with Crippen molar-refractivity contribution >= 4 is 6.29 Å². The highest BCUT2D eigenvalue weighted by Gasteiger charge is 2.51. The zero-order valence-electron chi connectivity index (χ0n) is 11.7. The first-order valence-corrected chi connectivity index (χ1v) is 7.79. The maximum atomic E-state index is 11.1. The van der Waals surface area contributed by atoms with E-state index in [4.69, 9.17) is 0 Å². The molecule has 2 fully saturated rings. The Morgan fingerprint density at radius 3 is 3.05 bits per heavy atom. The molecule has 1 saturated carbocycles. The molecule has 3 heteroatoms. The van der Waals surface area contributed by atoms with E-state index in [0.29, 0.717) is 17.5 Å². The number of hydrogen-bond acceptors (Lipinski definition) is 3. The summed E-state index contributed by atoms with van der Waals surface area (Å²) in [7, 11) is 0. The largest absolute Gasteiger partial charge is 0.507 e. The molecule has 0 radical (unpaired) electrons. The van der Waals surface area contributed by atoms with Gasteiger partial charge in [-0.1, -0.05) is 12.8 Å². The van der Waals surface area contributed by atoms with E-state index in [0.717, 1.165) is 19.3 Å². The van der Waals surface area contributed by atoms with E-state index in [2.05, 4.69) is 5.32 Å². The fourth-order valence-electron chi connectivity index (χ4n) is 5.09. The van der Waals surface area contributed by atoms with Gasteiger partial charge in [0.05, 0.1) is 5.56 Å².